The Bertz CT molecular complexity index is 963. The fourth-order valence-electron chi connectivity index (χ4n) is 5.64. The molecule has 0 spiro atoms. The molecule has 2 aromatic rings. The van der Waals surface area contributed by atoms with E-state index < -0.39 is 6.04 Å². The lowest BCUT2D eigenvalue weighted by Crippen LogP contribution is -2.49. The fraction of sp³-hybridized carbons (Fsp3) is 0.375. The van der Waals surface area contributed by atoms with Gasteiger partial charge in [0.05, 0.1) is 11.8 Å². The maximum atomic E-state index is 13.3. The van der Waals surface area contributed by atoms with E-state index in [2.05, 4.69) is 27.9 Å². The van der Waals surface area contributed by atoms with E-state index in [4.69, 9.17) is 0 Å². The van der Waals surface area contributed by atoms with Gasteiger partial charge in [0.25, 0.3) is 0 Å². The molecule has 3 fully saturated rings. The molecule has 6 heteroatoms. The van der Waals surface area contributed by atoms with E-state index in [-0.39, 0.29) is 29.6 Å². The van der Waals surface area contributed by atoms with Gasteiger partial charge < -0.3 is 5.32 Å². The molecule has 2 aromatic carbocycles. The summed E-state index contributed by atoms with van der Waals surface area (Å²) in [7, 11) is 0. The lowest BCUT2D eigenvalue weighted by Gasteiger charge is -2.27. The van der Waals surface area contributed by atoms with E-state index in [0.29, 0.717) is 23.9 Å². The number of amides is 3. The second kappa shape index (κ2) is 7.80. The number of hydrogen-bond acceptors (Lipinski definition) is 3. The van der Waals surface area contributed by atoms with Crippen molar-refractivity contribution in [1.29, 1.82) is 0 Å². The number of halogens is 1. The van der Waals surface area contributed by atoms with Crippen LogP contribution in [-0.2, 0) is 20.8 Å². The average Bonchev–Trinajstić information content (AvgIpc) is 3.43. The molecule has 2 saturated carbocycles. The number of rotatable bonds is 5. The molecule has 154 valence electrons. The molecule has 0 unspecified atom stereocenters. The van der Waals surface area contributed by atoms with Crippen molar-refractivity contribution < 1.29 is 14.4 Å². The van der Waals surface area contributed by atoms with Gasteiger partial charge in [0.15, 0.2) is 0 Å². The molecule has 5 rings (SSSR count). The standard InChI is InChI=1S/C24H23IN2O3/c25-17-8-10-18(11-9-17)26-22(28)19(12-14-4-2-1-3-5-14)27-23(29)20-15-6-7-16(13-15)21(20)24(27)30/h1-5,8-11,15-16,19-21H,6-7,12-13H2,(H,26,28)/t15-,16+,19-,20+,21-/m0/s1. The number of benzene rings is 2. The Balaban J connectivity index is 1.45. The highest BCUT2D eigenvalue weighted by atomic mass is 127. The zero-order valence-corrected chi connectivity index (χ0v) is 18.6. The summed E-state index contributed by atoms with van der Waals surface area (Å²) >= 11 is 2.21. The summed E-state index contributed by atoms with van der Waals surface area (Å²) < 4.78 is 1.07. The lowest BCUT2D eigenvalue weighted by molar-refractivity contribution is -0.147. The molecule has 2 bridgehead atoms. The van der Waals surface area contributed by atoms with Gasteiger partial charge in [0.2, 0.25) is 17.7 Å². The first-order chi connectivity index (χ1) is 14.5. The van der Waals surface area contributed by atoms with Crippen LogP contribution in [0.4, 0.5) is 5.69 Å². The molecule has 1 N–H and O–H groups in total. The van der Waals surface area contributed by atoms with Gasteiger partial charge in [0.1, 0.15) is 6.04 Å². The molecule has 5 atom stereocenters. The van der Waals surface area contributed by atoms with E-state index in [1.807, 2.05) is 54.6 Å². The number of nitrogens with zero attached hydrogens (tertiary/aromatic N) is 1. The highest BCUT2D eigenvalue weighted by Gasteiger charge is 2.62. The molecule has 0 aromatic heterocycles. The van der Waals surface area contributed by atoms with Gasteiger partial charge in [-0.05, 0) is 83.5 Å². The Kier molecular flexibility index (Phi) is 5.13. The van der Waals surface area contributed by atoms with E-state index in [0.717, 1.165) is 28.4 Å². The van der Waals surface area contributed by atoms with Gasteiger partial charge in [0, 0.05) is 15.7 Å². The maximum Gasteiger partial charge on any atom is 0.248 e. The van der Waals surface area contributed by atoms with Crippen LogP contribution >= 0.6 is 22.6 Å². The third-order valence-corrected chi connectivity index (χ3v) is 7.68. The van der Waals surface area contributed by atoms with Crippen LogP contribution in [0.25, 0.3) is 0 Å². The molecule has 5 nitrogen and oxygen atoms in total. The Labute approximate surface area is 189 Å². The fourth-order valence-corrected chi connectivity index (χ4v) is 6.00. The Hall–Kier alpha value is -2.22. The number of fused-ring (bicyclic) bond motifs is 5. The van der Waals surface area contributed by atoms with Crippen molar-refractivity contribution in [2.45, 2.75) is 31.7 Å². The smallest absolute Gasteiger partial charge is 0.248 e. The van der Waals surface area contributed by atoms with Crippen LogP contribution in [0.5, 0.6) is 0 Å². The molecular weight excluding hydrogens is 491 g/mol. The third-order valence-electron chi connectivity index (χ3n) is 6.96. The minimum atomic E-state index is -0.836. The van der Waals surface area contributed by atoms with E-state index >= 15 is 0 Å². The summed E-state index contributed by atoms with van der Waals surface area (Å²) in [4.78, 5) is 41.3. The SMILES string of the molecule is O=C(Nc1ccc(I)cc1)[C@H](Cc1ccccc1)N1C(=O)[C@@H]2[C@H]3CC[C@H](C3)[C@@H]2C1=O. The second-order valence-corrected chi connectivity index (χ2v) is 9.88. The van der Waals surface area contributed by atoms with Gasteiger partial charge in [-0.15, -0.1) is 0 Å². The largest absolute Gasteiger partial charge is 0.324 e. The van der Waals surface area contributed by atoms with Crippen LogP contribution in [0.3, 0.4) is 0 Å². The molecule has 0 radical (unpaired) electrons. The summed E-state index contributed by atoms with van der Waals surface area (Å²) in [6.45, 7) is 0. The van der Waals surface area contributed by atoms with Crippen LogP contribution in [0, 0.1) is 27.2 Å². The highest BCUT2D eigenvalue weighted by Crippen LogP contribution is 2.56. The first-order valence-electron chi connectivity index (χ1n) is 10.5. The number of imide groups is 1. The van der Waals surface area contributed by atoms with Crippen molar-refractivity contribution in [3.63, 3.8) is 0 Å². The van der Waals surface area contributed by atoms with Crippen LogP contribution < -0.4 is 5.32 Å². The van der Waals surface area contributed by atoms with E-state index in [1.54, 1.807) is 0 Å². The normalized spacial score (nSPS) is 28.0. The molecular formula is C24H23IN2O3. The van der Waals surface area contributed by atoms with Gasteiger partial charge >= 0.3 is 0 Å². The quantitative estimate of drug-likeness (QED) is 0.487. The second-order valence-electron chi connectivity index (χ2n) is 8.63. The van der Waals surface area contributed by atoms with Crippen molar-refractivity contribution in [3.8, 4) is 0 Å². The molecule has 3 amide bonds. The predicted octanol–water partition coefficient (Wildman–Crippen LogP) is 3.87. The summed E-state index contributed by atoms with van der Waals surface area (Å²) in [6, 6.07) is 16.3. The Morgan fingerprint density at radius 3 is 2.17 bits per heavy atom. The van der Waals surface area contributed by atoms with Crippen LogP contribution in [-0.4, -0.2) is 28.7 Å². The summed E-state index contributed by atoms with van der Waals surface area (Å²) in [5, 5.41) is 2.92. The number of carbonyl (C=O) groups is 3. The zero-order valence-electron chi connectivity index (χ0n) is 16.5. The van der Waals surface area contributed by atoms with Gasteiger partial charge in [-0.2, -0.15) is 0 Å². The van der Waals surface area contributed by atoms with E-state index in [1.165, 1.54) is 4.90 Å². The maximum absolute atomic E-state index is 13.3. The summed E-state index contributed by atoms with van der Waals surface area (Å²) in [6.07, 6.45) is 3.36. The van der Waals surface area contributed by atoms with Crippen LogP contribution in [0.2, 0.25) is 0 Å². The number of hydrogen-bond donors (Lipinski definition) is 1. The summed E-state index contributed by atoms with van der Waals surface area (Å²) in [5.41, 5.74) is 1.60. The molecule has 1 aliphatic heterocycles. The van der Waals surface area contributed by atoms with Crippen molar-refractivity contribution in [3.05, 3.63) is 63.7 Å². The minimum Gasteiger partial charge on any atom is -0.324 e. The Morgan fingerprint density at radius 1 is 0.967 bits per heavy atom. The van der Waals surface area contributed by atoms with Gasteiger partial charge in [-0.1, -0.05) is 30.3 Å². The summed E-state index contributed by atoms with van der Waals surface area (Å²) in [5.74, 6) is -0.432. The topological polar surface area (TPSA) is 66.5 Å². The van der Waals surface area contributed by atoms with Gasteiger partial charge in [-0.25, -0.2) is 0 Å². The van der Waals surface area contributed by atoms with Crippen LogP contribution in [0.1, 0.15) is 24.8 Å². The van der Waals surface area contributed by atoms with Crippen LogP contribution in [0.15, 0.2) is 54.6 Å². The molecule has 2 aliphatic carbocycles. The zero-order chi connectivity index (χ0) is 20.8. The van der Waals surface area contributed by atoms with Crippen molar-refractivity contribution >= 4 is 46.0 Å². The lowest BCUT2D eigenvalue weighted by atomic mass is 9.81. The number of nitrogens with one attached hydrogen (secondary N) is 1. The monoisotopic (exact) mass is 514 g/mol. The first kappa shape index (κ1) is 19.7. The van der Waals surface area contributed by atoms with Crippen molar-refractivity contribution in [2.75, 3.05) is 5.32 Å². The number of likely N-dealkylation sites (tertiary alicyclic amines) is 1. The molecule has 1 saturated heterocycles. The third kappa shape index (κ3) is 3.35. The number of carbonyl (C=O) groups excluding carboxylic acids is 3. The van der Waals surface area contributed by atoms with E-state index in [9.17, 15) is 14.4 Å². The minimum absolute atomic E-state index is 0.143. The number of anilines is 1. The van der Waals surface area contributed by atoms with Crippen molar-refractivity contribution in [1.82, 2.24) is 4.90 Å². The van der Waals surface area contributed by atoms with Crippen molar-refractivity contribution in [2.24, 2.45) is 23.7 Å². The highest BCUT2D eigenvalue weighted by molar-refractivity contribution is 14.1. The molecule has 3 aliphatic rings. The first-order valence-corrected chi connectivity index (χ1v) is 11.6. The Morgan fingerprint density at radius 2 is 1.57 bits per heavy atom. The average molecular weight is 514 g/mol. The molecule has 30 heavy (non-hydrogen) atoms. The van der Waals surface area contributed by atoms with Gasteiger partial charge in [-0.3, -0.25) is 19.3 Å². The molecule has 1 heterocycles. The predicted molar refractivity (Wildman–Crippen MR) is 121 cm³/mol.